The Balaban J connectivity index is 0.000000419. The Kier molecular flexibility index (Phi) is 8.87. The average molecular weight is 389 g/mol. The van der Waals surface area contributed by atoms with Crippen molar-refractivity contribution in [1.29, 1.82) is 0 Å². The predicted octanol–water partition coefficient (Wildman–Crippen LogP) is 4.68. The van der Waals surface area contributed by atoms with E-state index in [1.54, 1.807) is 0 Å². The molecule has 1 spiro atoms. The number of aldehydes is 1. The quantitative estimate of drug-likeness (QED) is 0.701. The first-order chi connectivity index (χ1) is 13.6. The second kappa shape index (κ2) is 10.9. The molecule has 1 aromatic heterocycles. The highest BCUT2D eigenvalue weighted by Crippen LogP contribution is 2.57. The molecule has 1 aliphatic heterocycles. The zero-order chi connectivity index (χ0) is 20.6. The molecule has 1 aromatic rings. The standard InChI is InChI=1S/C18H28N4.C3H6O.C2H6/c1-14(2)17-19-12-16(13-20-17)22-8-6-21(7-9-22)15-10-18(11-15)4-3-5-18;1-2-3-4;1-2/h12-15H,3-11H2,1-2H3;3H,2H2,1H3;1-2H3. The Morgan fingerprint density at radius 2 is 1.64 bits per heavy atom. The maximum Gasteiger partial charge on any atom is 0.130 e. The summed E-state index contributed by atoms with van der Waals surface area (Å²) in [5, 5.41) is 0. The molecule has 2 aliphatic carbocycles. The Labute approximate surface area is 171 Å². The number of aromatic nitrogens is 2. The van der Waals surface area contributed by atoms with Gasteiger partial charge in [-0.2, -0.15) is 0 Å². The van der Waals surface area contributed by atoms with Crippen LogP contribution in [0.4, 0.5) is 5.69 Å². The summed E-state index contributed by atoms with van der Waals surface area (Å²) < 4.78 is 0. The van der Waals surface area contributed by atoms with Gasteiger partial charge in [0.25, 0.3) is 0 Å². The third-order valence-corrected chi connectivity index (χ3v) is 6.29. The number of anilines is 1. The number of piperazine rings is 1. The van der Waals surface area contributed by atoms with Crippen molar-refractivity contribution in [2.45, 2.75) is 85.1 Å². The first kappa shape index (κ1) is 22.8. The van der Waals surface area contributed by atoms with Gasteiger partial charge in [0.15, 0.2) is 0 Å². The lowest BCUT2D eigenvalue weighted by Crippen LogP contribution is -2.58. The van der Waals surface area contributed by atoms with Crippen LogP contribution in [0.3, 0.4) is 0 Å². The van der Waals surface area contributed by atoms with Gasteiger partial charge in [0.2, 0.25) is 0 Å². The van der Waals surface area contributed by atoms with Crippen LogP contribution < -0.4 is 4.90 Å². The lowest BCUT2D eigenvalue weighted by molar-refractivity contribution is -0.107. The van der Waals surface area contributed by atoms with E-state index in [4.69, 9.17) is 0 Å². The van der Waals surface area contributed by atoms with Crippen molar-refractivity contribution in [3.8, 4) is 0 Å². The maximum atomic E-state index is 9.17. The van der Waals surface area contributed by atoms with E-state index in [1.165, 1.54) is 50.9 Å². The molecule has 3 aliphatic rings. The smallest absolute Gasteiger partial charge is 0.130 e. The highest BCUT2D eigenvalue weighted by molar-refractivity contribution is 5.48. The number of rotatable bonds is 4. The van der Waals surface area contributed by atoms with E-state index in [9.17, 15) is 4.79 Å². The summed E-state index contributed by atoms with van der Waals surface area (Å²) in [4.78, 5) is 23.4. The molecule has 0 N–H and O–H groups in total. The predicted molar refractivity (Wildman–Crippen MR) is 117 cm³/mol. The number of hydrogen-bond donors (Lipinski definition) is 0. The van der Waals surface area contributed by atoms with Crippen molar-refractivity contribution in [3.63, 3.8) is 0 Å². The lowest BCUT2D eigenvalue weighted by atomic mass is 9.54. The molecule has 5 nitrogen and oxygen atoms in total. The maximum absolute atomic E-state index is 9.17. The molecule has 0 unspecified atom stereocenters. The minimum Gasteiger partial charge on any atom is -0.366 e. The third kappa shape index (κ3) is 5.53. The fraction of sp³-hybridized carbons (Fsp3) is 0.783. The van der Waals surface area contributed by atoms with E-state index < -0.39 is 0 Å². The van der Waals surface area contributed by atoms with Crippen molar-refractivity contribution in [2.24, 2.45) is 5.41 Å². The van der Waals surface area contributed by atoms with Crippen LogP contribution in [0.25, 0.3) is 0 Å². The molecule has 0 bridgehead atoms. The monoisotopic (exact) mass is 388 g/mol. The molecule has 0 radical (unpaired) electrons. The zero-order valence-electron chi connectivity index (χ0n) is 18.7. The topological polar surface area (TPSA) is 49.3 Å². The molecule has 28 heavy (non-hydrogen) atoms. The fourth-order valence-corrected chi connectivity index (χ4v) is 4.42. The summed E-state index contributed by atoms with van der Waals surface area (Å²) in [5.74, 6) is 1.35. The molecule has 3 fully saturated rings. The van der Waals surface area contributed by atoms with Gasteiger partial charge in [0, 0.05) is 44.6 Å². The number of carbonyl (C=O) groups is 1. The molecule has 4 rings (SSSR count). The van der Waals surface area contributed by atoms with E-state index in [-0.39, 0.29) is 0 Å². The van der Waals surface area contributed by atoms with Gasteiger partial charge in [0.05, 0.1) is 18.1 Å². The summed E-state index contributed by atoms with van der Waals surface area (Å²) in [6.07, 6.45) is 13.0. The second-order valence-corrected chi connectivity index (χ2v) is 8.47. The van der Waals surface area contributed by atoms with Gasteiger partial charge in [0.1, 0.15) is 12.1 Å². The van der Waals surface area contributed by atoms with Gasteiger partial charge >= 0.3 is 0 Å². The summed E-state index contributed by atoms with van der Waals surface area (Å²) in [7, 11) is 0. The lowest BCUT2D eigenvalue weighted by Gasteiger charge is -2.58. The van der Waals surface area contributed by atoms with E-state index in [0.29, 0.717) is 12.3 Å². The van der Waals surface area contributed by atoms with Crippen molar-refractivity contribution in [3.05, 3.63) is 18.2 Å². The minimum absolute atomic E-state index is 0.406. The Bertz CT molecular complexity index is 567. The van der Waals surface area contributed by atoms with Gasteiger partial charge in [-0.3, -0.25) is 4.90 Å². The van der Waals surface area contributed by atoms with Gasteiger partial charge in [-0.25, -0.2) is 9.97 Å². The highest BCUT2D eigenvalue weighted by Gasteiger charge is 2.49. The summed E-state index contributed by atoms with van der Waals surface area (Å²) >= 11 is 0. The first-order valence-corrected chi connectivity index (χ1v) is 11.3. The van der Waals surface area contributed by atoms with Crippen LogP contribution in [0.1, 0.15) is 84.9 Å². The summed E-state index contributed by atoms with van der Waals surface area (Å²) in [6.45, 7) is 14.7. The van der Waals surface area contributed by atoms with Gasteiger partial charge in [-0.15, -0.1) is 0 Å². The van der Waals surface area contributed by atoms with Crippen molar-refractivity contribution >= 4 is 12.0 Å². The van der Waals surface area contributed by atoms with Crippen LogP contribution in [0.5, 0.6) is 0 Å². The fourth-order valence-electron chi connectivity index (χ4n) is 4.42. The Morgan fingerprint density at radius 1 is 1.11 bits per heavy atom. The van der Waals surface area contributed by atoms with E-state index >= 15 is 0 Å². The molecule has 0 aromatic carbocycles. The zero-order valence-corrected chi connectivity index (χ0v) is 18.7. The van der Waals surface area contributed by atoms with Crippen molar-refractivity contribution in [1.82, 2.24) is 14.9 Å². The molecular weight excluding hydrogens is 348 g/mol. The number of carbonyl (C=O) groups excluding carboxylic acids is 1. The largest absolute Gasteiger partial charge is 0.366 e. The number of hydrogen-bond acceptors (Lipinski definition) is 5. The third-order valence-electron chi connectivity index (χ3n) is 6.29. The van der Waals surface area contributed by atoms with Gasteiger partial charge in [-0.05, 0) is 31.1 Å². The average Bonchev–Trinajstić information content (AvgIpc) is 2.68. The molecule has 2 saturated carbocycles. The van der Waals surface area contributed by atoms with E-state index in [0.717, 1.165) is 36.7 Å². The Morgan fingerprint density at radius 3 is 2.04 bits per heavy atom. The van der Waals surface area contributed by atoms with Crippen molar-refractivity contribution < 1.29 is 4.79 Å². The van der Waals surface area contributed by atoms with Crippen LogP contribution >= 0.6 is 0 Å². The molecular formula is C23H40N4O. The van der Waals surface area contributed by atoms with Gasteiger partial charge in [-0.1, -0.05) is 41.0 Å². The second-order valence-electron chi connectivity index (χ2n) is 8.47. The molecule has 158 valence electrons. The van der Waals surface area contributed by atoms with Crippen molar-refractivity contribution in [2.75, 3.05) is 31.1 Å². The van der Waals surface area contributed by atoms with E-state index in [1.807, 2.05) is 33.2 Å². The van der Waals surface area contributed by atoms with Crippen LogP contribution in [0, 0.1) is 5.41 Å². The normalized spacial score (nSPS) is 21.0. The molecule has 5 heteroatoms. The van der Waals surface area contributed by atoms with Gasteiger partial charge < -0.3 is 9.69 Å². The summed E-state index contributed by atoms with van der Waals surface area (Å²) in [6, 6.07) is 0.877. The number of nitrogens with zero attached hydrogens (tertiary/aromatic N) is 4. The first-order valence-electron chi connectivity index (χ1n) is 11.3. The van der Waals surface area contributed by atoms with Crippen LogP contribution in [-0.4, -0.2) is 53.4 Å². The molecule has 2 heterocycles. The van der Waals surface area contributed by atoms with Crippen LogP contribution in [0.2, 0.25) is 0 Å². The molecule has 0 amide bonds. The molecule has 0 atom stereocenters. The highest BCUT2D eigenvalue weighted by atomic mass is 16.1. The summed E-state index contributed by atoms with van der Waals surface area (Å²) in [5.41, 5.74) is 1.98. The van der Waals surface area contributed by atoms with Crippen LogP contribution in [0.15, 0.2) is 12.4 Å². The minimum atomic E-state index is 0.406. The van der Waals surface area contributed by atoms with Crippen LogP contribution in [-0.2, 0) is 4.79 Å². The molecule has 1 saturated heterocycles. The SMILES string of the molecule is CC.CC(C)c1ncc(N2CCN(C3CC4(CCC4)C3)CC2)cn1.CCC=O. The van der Waals surface area contributed by atoms with E-state index in [2.05, 4.69) is 33.6 Å². The Hall–Kier alpha value is -1.49.